The minimum Gasteiger partial charge on any atom is -0.493 e. The van der Waals surface area contributed by atoms with Crippen molar-refractivity contribution in [1.29, 1.82) is 0 Å². The van der Waals surface area contributed by atoms with Gasteiger partial charge in [-0.05, 0) is 45.6 Å². The Balaban J connectivity index is 2.52. The van der Waals surface area contributed by atoms with Crippen molar-refractivity contribution in [1.82, 2.24) is 4.90 Å². The molecule has 0 unspecified atom stereocenters. The Morgan fingerprint density at radius 1 is 1.28 bits per heavy atom. The molecule has 1 rings (SSSR count). The van der Waals surface area contributed by atoms with E-state index in [0.717, 1.165) is 25.7 Å². The summed E-state index contributed by atoms with van der Waals surface area (Å²) < 4.78 is 10.8. The molecular weight excluding hydrogens is 230 g/mol. The van der Waals surface area contributed by atoms with Gasteiger partial charge >= 0.3 is 0 Å². The molecule has 0 saturated carbocycles. The quantitative estimate of drug-likeness (QED) is 0.524. The Bertz CT molecular complexity index is 377. The number of para-hydroxylation sites is 1. The number of carbonyl (C=O) groups is 1. The molecule has 0 aromatic heterocycles. The molecule has 0 saturated heterocycles. The molecule has 100 valence electrons. The first kappa shape index (κ1) is 14.5. The zero-order valence-corrected chi connectivity index (χ0v) is 11.3. The highest BCUT2D eigenvalue weighted by Gasteiger charge is 2.09. The van der Waals surface area contributed by atoms with E-state index in [9.17, 15) is 4.79 Å². The van der Waals surface area contributed by atoms with E-state index in [0.29, 0.717) is 23.7 Å². The molecule has 4 nitrogen and oxygen atoms in total. The zero-order chi connectivity index (χ0) is 13.4. The molecule has 0 radical (unpaired) electrons. The molecule has 0 N–H and O–H groups in total. The second-order valence-corrected chi connectivity index (χ2v) is 4.36. The number of rotatable bonds is 8. The second kappa shape index (κ2) is 7.71. The Morgan fingerprint density at radius 2 is 2.06 bits per heavy atom. The van der Waals surface area contributed by atoms with Crippen LogP contribution >= 0.6 is 0 Å². The van der Waals surface area contributed by atoms with Crippen LogP contribution in [-0.2, 0) is 0 Å². The highest BCUT2D eigenvalue weighted by Crippen LogP contribution is 2.30. The number of ether oxygens (including phenoxy) is 2. The normalized spacial score (nSPS) is 10.4. The molecule has 0 aliphatic rings. The first-order chi connectivity index (χ1) is 8.69. The number of nitrogens with zero attached hydrogens (tertiary/aromatic N) is 1. The first-order valence-corrected chi connectivity index (χ1v) is 6.08. The molecule has 0 aliphatic heterocycles. The van der Waals surface area contributed by atoms with Crippen LogP contribution in [-0.4, -0.2) is 45.5 Å². The third kappa shape index (κ3) is 4.37. The van der Waals surface area contributed by atoms with Crippen molar-refractivity contribution in [3.05, 3.63) is 23.8 Å². The van der Waals surface area contributed by atoms with E-state index in [-0.39, 0.29) is 0 Å². The maximum Gasteiger partial charge on any atom is 0.171 e. The smallest absolute Gasteiger partial charge is 0.171 e. The molecule has 4 heteroatoms. The van der Waals surface area contributed by atoms with Gasteiger partial charge in [-0.3, -0.25) is 4.79 Å². The fraction of sp³-hybridized carbons (Fsp3) is 0.500. The van der Waals surface area contributed by atoms with Crippen LogP contribution in [0.1, 0.15) is 23.2 Å². The van der Waals surface area contributed by atoms with Crippen molar-refractivity contribution < 1.29 is 14.3 Å². The lowest BCUT2D eigenvalue weighted by Gasteiger charge is -2.13. The first-order valence-electron chi connectivity index (χ1n) is 6.08. The van der Waals surface area contributed by atoms with E-state index in [1.54, 1.807) is 25.3 Å². The summed E-state index contributed by atoms with van der Waals surface area (Å²) in [6.07, 6.45) is 2.81. The van der Waals surface area contributed by atoms with Crippen molar-refractivity contribution in [3.63, 3.8) is 0 Å². The third-order valence-electron chi connectivity index (χ3n) is 2.60. The summed E-state index contributed by atoms with van der Waals surface area (Å²) in [4.78, 5) is 13.1. The van der Waals surface area contributed by atoms with Crippen LogP contribution in [0, 0.1) is 0 Å². The Morgan fingerprint density at radius 3 is 2.67 bits per heavy atom. The predicted octanol–water partition coefficient (Wildman–Crippen LogP) is 2.23. The lowest BCUT2D eigenvalue weighted by molar-refractivity contribution is 0.111. The molecule has 1 aromatic rings. The van der Waals surface area contributed by atoms with Gasteiger partial charge in [-0.2, -0.15) is 0 Å². The van der Waals surface area contributed by atoms with E-state index in [1.165, 1.54) is 0 Å². The van der Waals surface area contributed by atoms with Gasteiger partial charge in [0.2, 0.25) is 0 Å². The number of methoxy groups -OCH3 is 1. The van der Waals surface area contributed by atoms with Gasteiger partial charge < -0.3 is 14.4 Å². The monoisotopic (exact) mass is 251 g/mol. The molecule has 0 fully saturated rings. The van der Waals surface area contributed by atoms with Crippen molar-refractivity contribution in [2.24, 2.45) is 0 Å². The van der Waals surface area contributed by atoms with Crippen molar-refractivity contribution in [2.75, 3.05) is 34.4 Å². The van der Waals surface area contributed by atoms with Crippen LogP contribution in [0.15, 0.2) is 18.2 Å². The zero-order valence-electron chi connectivity index (χ0n) is 11.3. The van der Waals surface area contributed by atoms with Gasteiger partial charge in [0.1, 0.15) is 0 Å². The van der Waals surface area contributed by atoms with Gasteiger partial charge in [0.05, 0.1) is 19.3 Å². The van der Waals surface area contributed by atoms with E-state index >= 15 is 0 Å². The summed E-state index contributed by atoms with van der Waals surface area (Å²) in [5, 5.41) is 0. The number of benzene rings is 1. The number of unbranched alkanes of at least 4 members (excludes halogenated alkanes) is 1. The molecule has 18 heavy (non-hydrogen) atoms. The minimum atomic E-state index is 0.530. The lowest BCUT2D eigenvalue weighted by atomic mass is 10.2. The standard InChI is InChI=1S/C14H21NO3/c1-15(2)9-4-5-10-18-14-12(11-16)7-6-8-13(14)17-3/h6-8,11H,4-5,9-10H2,1-3H3. The van der Waals surface area contributed by atoms with Gasteiger partial charge in [0.25, 0.3) is 0 Å². The maximum absolute atomic E-state index is 10.9. The Labute approximate surface area is 108 Å². The number of hydrogen-bond acceptors (Lipinski definition) is 4. The average Bonchev–Trinajstić information content (AvgIpc) is 2.37. The van der Waals surface area contributed by atoms with E-state index in [2.05, 4.69) is 4.90 Å². The SMILES string of the molecule is COc1cccc(C=O)c1OCCCCN(C)C. The summed E-state index contributed by atoms with van der Waals surface area (Å²) in [5.74, 6) is 1.15. The average molecular weight is 251 g/mol. The van der Waals surface area contributed by atoms with Gasteiger partial charge in [0, 0.05) is 0 Å². The van der Waals surface area contributed by atoms with Crippen molar-refractivity contribution in [2.45, 2.75) is 12.8 Å². The fourth-order valence-electron chi connectivity index (χ4n) is 1.65. The van der Waals surface area contributed by atoms with Crippen LogP contribution in [0.25, 0.3) is 0 Å². The van der Waals surface area contributed by atoms with Gasteiger partial charge in [0.15, 0.2) is 17.8 Å². The summed E-state index contributed by atoms with van der Waals surface area (Å²) in [5.41, 5.74) is 0.530. The molecule has 0 aliphatic carbocycles. The molecule has 0 amide bonds. The van der Waals surface area contributed by atoms with E-state index in [1.807, 2.05) is 14.1 Å². The highest BCUT2D eigenvalue weighted by molar-refractivity contribution is 5.81. The summed E-state index contributed by atoms with van der Waals surface area (Å²) in [7, 11) is 5.67. The molecule has 1 aromatic carbocycles. The largest absolute Gasteiger partial charge is 0.493 e. The topological polar surface area (TPSA) is 38.8 Å². The molecule has 0 bridgehead atoms. The number of aldehydes is 1. The van der Waals surface area contributed by atoms with E-state index < -0.39 is 0 Å². The van der Waals surface area contributed by atoms with Crippen LogP contribution in [0.4, 0.5) is 0 Å². The third-order valence-corrected chi connectivity index (χ3v) is 2.60. The number of hydrogen-bond donors (Lipinski definition) is 0. The Kier molecular flexibility index (Phi) is 6.22. The summed E-state index contributed by atoms with van der Waals surface area (Å²) in [6.45, 7) is 1.63. The minimum absolute atomic E-state index is 0.530. The molecular formula is C14H21NO3. The van der Waals surface area contributed by atoms with Gasteiger partial charge in [-0.15, -0.1) is 0 Å². The van der Waals surface area contributed by atoms with E-state index in [4.69, 9.17) is 9.47 Å². The summed E-state index contributed by atoms with van der Waals surface area (Å²) in [6, 6.07) is 5.30. The van der Waals surface area contributed by atoms with Crippen LogP contribution in [0.2, 0.25) is 0 Å². The maximum atomic E-state index is 10.9. The van der Waals surface area contributed by atoms with Crippen molar-refractivity contribution in [3.8, 4) is 11.5 Å². The van der Waals surface area contributed by atoms with Crippen LogP contribution in [0.3, 0.4) is 0 Å². The molecule has 0 atom stereocenters. The fourth-order valence-corrected chi connectivity index (χ4v) is 1.65. The highest BCUT2D eigenvalue weighted by atomic mass is 16.5. The van der Waals surface area contributed by atoms with Gasteiger partial charge in [-0.25, -0.2) is 0 Å². The number of carbonyl (C=O) groups excluding carboxylic acids is 1. The van der Waals surface area contributed by atoms with Crippen LogP contribution < -0.4 is 9.47 Å². The Hall–Kier alpha value is -1.55. The second-order valence-electron chi connectivity index (χ2n) is 4.36. The molecule has 0 spiro atoms. The van der Waals surface area contributed by atoms with Crippen LogP contribution in [0.5, 0.6) is 11.5 Å². The molecule has 0 heterocycles. The lowest BCUT2D eigenvalue weighted by Crippen LogP contribution is -2.14. The van der Waals surface area contributed by atoms with Gasteiger partial charge in [-0.1, -0.05) is 6.07 Å². The summed E-state index contributed by atoms with van der Waals surface area (Å²) >= 11 is 0. The van der Waals surface area contributed by atoms with Crippen molar-refractivity contribution >= 4 is 6.29 Å². The predicted molar refractivity (Wildman–Crippen MR) is 71.7 cm³/mol.